The van der Waals surface area contributed by atoms with Crippen molar-refractivity contribution in [2.75, 3.05) is 25.1 Å². The Morgan fingerprint density at radius 3 is 3.12 bits per heavy atom. The standard InChI is InChI=1S/C10H12BrN3O3/c11-6-3-7(9(15)13-4-6)14-10(16)8-5-17-2-1-12-8/h3-4,8,12H,1-2,5H2,(H,13,15)(H,14,16). The predicted octanol–water partition coefficient (Wildman–Crippen LogP) is 0.0643. The average Bonchev–Trinajstić information content (AvgIpc) is 2.35. The highest BCUT2D eigenvalue weighted by atomic mass is 79.9. The second-order valence-electron chi connectivity index (χ2n) is 3.63. The highest BCUT2D eigenvalue weighted by molar-refractivity contribution is 9.10. The van der Waals surface area contributed by atoms with E-state index in [1.54, 1.807) is 6.07 Å². The van der Waals surface area contributed by atoms with E-state index in [4.69, 9.17) is 4.74 Å². The van der Waals surface area contributed by atoms with Crippen molar-refractivity contribution in [3.8, 4) is 0 Å². The molecular formula is C10H12BrN3O3. The van der Waals surface area contributed by atoms with Gasteiger partial charge in [0.2, 0.25) is 5.91 Å². The van der Waals surface area contributed by atoms with Crippen molar-refractivity contribution in [2.24, 2.45) is 0 Å². The van der Waals surface area contributed by atoms with Gasteiger partial charge in [0.05, 0.1) is 13.2 Å². The number of anilines is 1. The molecule has 92 valence electrons. The average molecular weight is 302 g/mol. The molecule has 6 nitrogen and oxygen atoms in total. The highest BCUT2D eigenvalue weighted by Crippen LogP contribution is 2.10. The van der Waals surface area contributed by atoms with Crippen molar-refractivity contribution in [1.29, 1.82) is 0 Å². The molecule has 1 atom stereocenters. The van der Waals surface area contributed by atoms with Crippen LogP contribution < -0.4 is 16.2 Å². The van der Waals surface area contributed by atoms with E-state index in [-0.39, 0.29) is 17.2 Å². The topological polar surface area (TPSA) is 83.2 Å². The summed E-state index contributed by atoms with van der Waals surface area (Å²) in [6.07, 6.45) is 1.51. The van der Waals surface area contributed by atoms with E-state index in [0.29, 0.717) is 24.2 Å². The lowest BCUT2D eigenvalue weighted by atomic mass is 10.2. The minimum atomic E-state index is -0.415. The molecule has 1 amide bonds. The molecule has 0 spiro atoms. The van der Waals surface area contributed by atoms with E-state index in [2.05, 4.69) is 31.5 Å². The van der Waals surface area contributed by atoms with Crippen molar-refractivity contribution >= 4 is 27.5 Å². The van der Waals surface area contributed by atoms with Crippen LogP contribution in [0.3, 0.4) is 0 Å². The largest absolute Gasteiger partial charge is 0.378 e. The van der Waals surface area contributed by atoms with Crippen LogP contribution in [0.1, 0.15) is 0 Å². The van der Waals surface area contributed by atoms with Crippen molar-refractivity contribution in [1.82, 2.24) is 10.3 Å². The Hall–Kier alpha value is -1.18. The molecule has 1 saturated heterocycles. The fourth-order valence-electron chi connectivity index (χ4n) is 1.50. The summed E-state index contributed by atoms with van der Waals surface area (Å²) < 4.78 is 5.87. The monoisotopic (exact) mass is 301 g/mol. The number of H-pyrrole nitrogens is 1. The first kappa shape index (κ1) is 12.3. The first-order valence-corrected chi connectivity index (χ1v) is 5.96. The van der Waals surface area contributed by atoms with Gasteiger partial charge in [-0.05, 0) is 22.0 Å². The molecular weight excluding hydrogens is 290 g/mol. The molecule has 1 aliphatic rings. The number of carbonyl (C=O) groups is 1. The first-order chi connectivity index (χ1) is 8.16. The van der Waals surface area contributed by atoms with Crippen molar-refractivity contribution in [3.63, 3.8) is 0 Å². The van der Waals surface area contributed by atoms with Crippen LogP contribution in [0.25, 0.3) is 0 Å². The zero-order valence-corrected chi connectivity index (χ0v) is 10.5. The molecule has 3 N–H and O–H groups in total. The lowest BCUT2D eigenvalue weighted by molar-refractivity contribution is -0.120. The molecule has 17 heavy (non-hydrogen) atoms. The van der Waals surface area contributed by atoms with Gasteiger partial charge in [-0.25, -0.2) is 0 Å². The van der Waals surface area contributed by atoms with E-state index in [1.807, 2.05) is 0 Å². The minimum absolute atomic E-state index is 0.219. The fraction of sp³-hybridized carbons (Fsp3) is 0.400. The maximum atomic E-state index is 11.8. The number of hydrogen-bond donors (Lipinski definition) is 3. The molecule has 2 rings (SSSR count). The van der Waals surface area contributed by atoms with Crippen LogP contribution in [0.2, 0.25) is 0 Å². The second-order valence-corrected chi connectivity index (χ2v) is 4.55. The van der Waals surface area contributed by atoms with Gasteiger partial charge in [-0.2, -0.15) is 0 Å². The fourth-order valence-corrected chi connectivity index (χ4v) is 1.85. The van der Waals surface area contributed by atoms with E-state index in [9.17, 15) is 9.59 Å². The third kappa shape index (κ3) is 3.15. The highest BCUT2D eigenvalue weighted by Gasteiger charge is 2.21. The van der Waals surface area contributed by atoms with Crippen molar-refractivity contribution in [3.05, 3.63) is 27.1 Å². The lowest BCUT2D eigenvalue weighted by Crippen LogP contribution is -2.49. The maximum Gasteiger partial charge on any atom is 0.271 e. The zero-order valence-electron chi connectivity index (χ0n) is 8.96. The Morgan fingerprint density at radius 2 is 2.41 bits per heavy atom. The number of halogens is 1. The summed E-state index contributed by atoms with van der Waals surface area (Å²) in [4.78, 5) is 25.8. The molecule has 1 aromatic heterocycles. The van der Waals surface area contributed by atoms with Gasteiger partial charge in [0.25, 0.3) is 5.56 Å². The molecule has 0 bridgehead atoms. The summed E-state index contributed by atoms with van der Waals surface area (Å²) in [5.74, 6) is -0.270. The summed E-state index contributed by atoms with van der Waals surface area (Å²) in [7, 11) is 0. The molecule has 2 heterocycles. The van der Waals surface area contributed by atoms with Crippen LogP contribution in [0.5, 0.6) is 0 Å². The number of hydrogen-bond acceptors (Lipinski definition) is 4. The number of amides is 1. The van der Waals surface area contributed by atoms with E-state index < -0.39 is 6.04 Å². The van der Waals surface area contributed by atoms with Gasteiger partial charge in [-0.3, -0.25) is 9.59 Å². The number of morpholine rings is 1. The number of ether oxygens (including phenoxy) is 1. The Bertz CT molecular complexity index is 468. The predicted molar refractivity (Wildman–Crippen MR) is 66.0 cm³/mol. The summed E-state index contributed by atoms with van der Waals surface area (Å²) in [6.45, 7) is 1.55. The lowest BCUT2D eigenvalue weighted by Gasteiger charge is -2.22. The molecule has 0 aromatic carbocycles. The van der Waals surface area contributed by atoms with Gasteiger partial charge >= 0.3 is 0 Å². The van der Waals surface area contributed by atoms with Gasteiger partial charge < -0.3 is 20.4 Å². The maximum absolute atomic E-state index is 11.8. The number of carbonyl (C=O) groups excluding carboxylic acids is 1. The summed E-state index contributed by atoms with van der Waals surface area (Å²) >= 11 is 3.22. The second kappa shape index (κ2) is 5.44. The molecule has 7 heteroatoms. The van der Waals surface area contributed by atoms with Gasteiger partial charge in [-0.1, -0.05) is 0 Å². The van der Waals surface area contributed by atoms with Crippen LogP contribution in [0.4, 0.5) is 5.69 Å². The summed E-state index contributed by atoms with van der Waals surface area (Å²) in [5, 5.41) is 5.58. The number of aromatic nitrogens is 1. The van der Waals surface area contributed by atoms with Crippen LogP contribution in [0.15, 0.2) is 21.5 Å². The molecule has 1 aromatic rings. The van der Waals surface area contributed by atoms with E-state index >= 15 is 0 Å². The third-order valence-corrected chi connectivity index (χ3v) is 2.82. The van der Waals surface area contributed by atoms with Gasteiger partial charge in [-0.15, -0.1) is 0 Å². The van der Waals surface area contributed by atoms with Crippen molar-refractivity contribution in [2.45, 2.75) is 6.04 Å². The summed E-state index contributed by atoms with van der Waals surface area (Å²) in [5.41, 5.74) is -0.116. The van der Waals surface area contributed by atoms with Crippen LogP contribution in [-0.4, -0.2) is 36.7 Å². The van der Waals surface area contributed by atoms with E-state index in [1.165, 1.54) is 6.20 Å². The first-order valence-electron chi connectivity index (χ1n) is 5.17. The Kier molecular flexibility index (Phi) is 3.93. The minimum Gasteiger partial charge on any atom is -0.378 e. The van der Waals surface area contributed by atoms with Crippen LogP contribution in [-0.2, 0) is 9.53 Å². The third-order valence-electron chi connectivity index (χ3n) is 2.36. The zero-order chi connectivity index (χ0) is 12.3. The number of rotatable bonds is 2. The molecule has 1 fully saturated rings. The van der Waals surface area contributed by atoms with E-state index in [0.717, 1.165) is 0 Å². The SMILES string of the molecule is O=C(Nc1cc(Br)c[nH]c1=O)C1COCCN1. The van der Waals surface area contributed by atoms with Gasteiger partial charge in [0.15, 0.2) is 0 Å². The molecule has 1 aliphatic heterocycles. The summed E-state index contributed by atoms with van der Waals surface area (Å²) in [6, 6.07) is 1.14. The van der Waals surface area contributed by atoms with Gasteiger partial charge in [0.1, 0.15) is 11.7 Å². The van der Waals surface area contributed by atoms with Crippen LogP contribution in [0, 0.1) is 0 Å². The Morgan fingerprint density at radius 1 is 1.59 bits per heavy atom. The van der Waals surface area contributed by atoms with Crippen molar-refractivity contribution < 1.29 is 9.53 Å². The Labute approximate surface area is 106 Å². The number of pyridine rings is 1. The number of aromatic amines is 1. The Balaban J connectivity index is 2.07. The number of nitrogens with one attached hydrogen (secondary N) is 3. The van der Waals surface area contributed by atoms with Crippen LogP contribution >= 0.6 is 15.9 Å². The quantitative estimate of drug-likeness (QED) is 0.721. The smallest absolute Gasteiger partial charge is 0.271 e. The normalized spacial score (nSPS) is 19.9. The molecule has 0 saturated carbocycles. The molecule has 1 unspecified atom stereocenters. The molecule has 0 radical (unpaired) electrons. The molecule has 0 aliphatic carbocycles. The van der Waals surface area contributed by atoms with Gasteiger partial charge in [0, 0.05) is 17.2 Å².